The first-order chi connectivity index (χ1) is 12.2. The van der Waals surface area contributed by atoms with E-state index in [4.69, 9.17) is 9.47 Å². The zero-order valence-corrected chi connectivity index (χ0v) is 18.6. The van der Waals surface area contributed by atoms with Gasteiger partial charge < -0.3 is 9.47 Å². The lowest BCUT2D eigenvalue weighted by molar-refractivity contribution is 0.379. The number of methoxy groups -OCH3 is 2. The Kier molecular flexibility index (Phi) is 8.73. The van der Waals surface area contributed by atoms with Gasteiger partial charge in [-0.3, -0.25) is 0 Å². The van der Waals surface area contributed by atoms with Gasteiger partial charge >= 0.3 is 0 Å². The number of allylic oxidation sites excluding steroid dienone is 2. The van der Waals surface area contributed by atoms with E-state index >= 15 is 0 Å². The van der Waals surface area contributed by atoms with E-state index in [1.807, 2.05) is 0 Å². The second kappa shape index (κ2) is 10.0. The van der Waals surface area contributed by atoms with Gasteiger partial charge in [0.05, 0.1) is 14.2 Å². The average molecular weight is 361 g/mol. The highest BCUT2D eigenvalue weighted by atomic mass is 16.5. The molecule has 0 bridgehead atoms. The molecule has 148 valence electrons. The highest BCUT2D eigenvalue weighted by molar-refractivity contribution is 5.61. The van der Waals surface area contributed by atoms with Crippen molar-refractivity contribution in [2.75, 3.05) is 14.2 Å². The summed E-state index contributed by atoms with van der Waals surface area (Å²) in [6.07, 6.45) is 9.71. The fraction of sp³-hybridized carbons (Fsp3) is 0.667. The van der Waals surface area contributed by atoms with E-state index in [-0.39, 0.29) is 5.41 Å². The van der Waals surface area contributed by atoms with Crippen molar-refractivity contribution in [3.8, 4) is 11.5 Å². The smallest absolute Gasteiger partial charge is 0.126 e. The molecule has 0 aliphatic rings. The maximum absolute atomic E-state index is 5.85. The van der Waals surface area contributed by atoms with Gasteiger partial charge in [-0.15, -0.1) is 0 Å². The van der Waals surface area contributed by atoms with Crippen molar-refractivity contribution in [2.45, 2.75) is 92.4 Å². The maximum Gasteiger partial charge on any atom is 0.126 e. The Bertz CT molecular complexity index is 618. The number of rotatable bonds is 9. The van der Waals surface area contributed by atoms with Crippen molar-refractivity contribution in [2.24, 2.45) is 0 Å². The van der Waals surface area contributed by atoms with Crippen molar-refractivity contribution >= 4 is 0 Å². The first kappa shape index (κ1) is 22.6. The van der Waals surface area contributed by atoms with Crippen LogP contribution in [0, 0.1) is 13.8 Å². The van der Waals surface area contributed by atoms with E-state index in [2.05, 4.69) is 54.5 Å². The lowest BCUT2D eigenvalue weighted by atomic mass is 9.79. The minimum absolute atomic E-state index is 0.00468. The third-order valence-electron chi connectivity index (χ3n) is 5.28. The number of hydrogen-bond donors (Lipinski definition) is 0. The van der Waals surface area contributed by atoms with Crippen molar-refractivity contribution in [3.05, 3.63) is 33.9 Å². The largest absolute Gasteiger partial charge is 0.496 e. The number of unbranched alkanes of at least 4 members (excludes halogenated alkanes) is 3. The normalized spacial score (nSPS) is 12.4. The van der Waals surface area contributed by atoms with Crippen molar-refractivity contribution in [1.29, 1.82) is 0 Å². The molecule has 0 aliphatic carbocycles. The molecule has 1 aromatic carbocycles. The topological polar surface area (TPSA) is 18.5 Å². The van der Waals surface area contributed by atoms with Crippen LogP contribution in [0.15, 0.2) is 11.6 Å². The first-order valence-corrected chi connectivity index (χ1v) is 10.1. The van der Waals surface area contributed by atoms with Crippen LogP contribution in [0.4, 0.5) is 0 Å². The molecule has 0 unspecified atom stereocenters. The second-order valence-corrected chi connectivity index (χ2v) is 8.49. The van der Waals surface area contributed by atoms with Gasteiger partial charge in [0.25, 0.3) is 0 Å². The molecular formula is C24H40O2. The third kappa shape index (κ3) is 5.53. The summed E-state index contributed by atoms with van der Waals surface area (Å²) in [4.78, 5) is 0. The number of ether oxygens (including phenoxy) is 2. The van der Waals surface area contributed by atoms with Gasteiger partial charge in [0.1, 0.15) is 11.5 Å². The molecule has 2 nitrogen and oxygen atoms in total. The van der Waals surface area contributed by atoms with Crippen LogP contribution in [0.25, 0.3) is 0 Å². The predicted molar refractivity (Wildman–Crippen MR) is 114 cm³/mol. The Morgan fingerprint density at radius 1 is 0.923 bits per heavy atom. The second-order valence-electron chi connectivity index (χ2n) is 8.49. The molecule has 0 aromatic heterocycles. The van der Waals surface area contributed by atoms with Gasteiger partial charge in [0.15, 0.2) is 0 Å². The molecule has 0 fully saturated rings. The molecule has 0 spiro atoms. The van der Waals surface area contributed by atoms with Crippen LogP contribution in [0.1, 0.15) is 89.0 Å². The molecule has 0 saturated carbocycles. The molecule has 0 N–H and O–H groups in total. The van der Waals surface area contributed by atoms with Crippen LogP contribution >= 0.6 is 0 Å². The standard InChI is InChI=1S/C24H40O2/c1-10-11-12-13-14-17(2)15-16-20-21(24(5,6)7)23(26-9)19(4)18(3)22(20)25-8/h15H,10-14,16H2,1-9H3/b17-15+. The molecular weight excluding hydrogens is 320 g/mol. The highest BCUT2D eigenvalue weighted by Gasteiger charge is 2.28. The summed E-state index contributed by atoms with van der Waals surface area (Å²) in [5, 5.41) is 0. The highest BCUT2D eigenvalue weighted by Crippen LogP contribution is 2.44. The van der Waals surface area contributed by atoms with Crippen LogP contribution in [0.5, 0.6) is 11.5 Å². The first-order valence-electron chi connectivity index (χ1n) is 10.1. The SMILES string of the molecule is CCCCCC/C(C)=C/Cc1c(OC)c(C)c(C)c(OC)c1C(C)(C)C. The predicted octanol–water partition coefficient (Wildman–Crippen LogP) is 7.08. The molecule has 2 heteroatoms. The summed E-state index contributed by atoms with van der Waals surface area (Å²) in [6, 6.07) is 0. The molecule has 0 radical (unpaired) electrons. The van der Waals surface area contributed by atoms with Gasteiger partial charge in [0, 0.05) is 11.1 Å². The Morgan fingerprint density at radius 3 is 2.00 bits per heavy atom. The fourth-order valence-electron chi connectivity index (χ4n) is 3.73. The van der Waals surface area contributed by atoms with Crippen LogP contribution in [-0.4, -0.2) is 14.2 Å². The molecule has 0 aliphatic heterocycles. The quantitative estimate of drug-likeness (QED) is 0.346. The monoisotopic (exact) mass is 360 g/mol. The van der Waals surface area contributed by atoms with Crippen LogP contribution in [0.3, 0.4) is 0 Å². The average Bonchev–Trinajstić information content (AvgIpc) is 2.58. The summed E-state index contributed by atoms with van der Waals surface area (Å²) in [5.74, 6) is 2.03. The minimum atomic E-state index is -0.00468. The molecule has 1 aromatic rings. The Labute approximate surface area is 162 Å². The summed E-state index contributed by atoms with van der Waals surface area (Å²) in [6.45, 7) is 15.5. The fourth-order valence-corrected chi connectivity index (χ4v) is 3.73. The lowest BCUT2D eigenvalue weighted by Crippen LogP contribution is -2.18. The molecule has 0 heterocycles. The Balaban J connectivity index is 3.29. The van der Waals surface area contributed by atoms with Crippen LogP contribution < -0.4 is 9.47 Å². The van der Waals surface area contributed by atoms with Gasteiger partial charge in [-0.2, -0.15) is 0 Å². The van der Waals surface area contributed by atoms with E-state index in [9.17, 15) is 0 Å². The third-order valence-corrected chi connectivity index (χ3v) is 5.28. The molecule has 0 atom stereocenters. The molecule has 1 rings (SSSR count). The Hall–Kier alpha value is -1.44. The van der Waals surface area contributed by atoms with E-state index in [0.29, 0.717) is 0 Å². The number of benzene rings is 1. The lowest BCUT2D eigenvalue weighted by Gasteiger charge is -2.29. The summed E-state index contributed by atoms with van der Waals surface area (Å²) < 4.78 is 11.7. The van der Waals surface area contributed by atoms with Crippen LogP contribution in [0.2, 0.25) is 0 Å². The maximum atomic E-state index is 5.85. The zero-order valence-electron chi connectivity index (χ0n) is 18.6. The van der Waals surface area contributed by atoms with E-state index < -0.39 is 0 Å². The Morgan fingerprint density at radius 2 is 1.50 bits per heavy atom. The van der Waals surface area contributed by atoms with Crippen molar-refractivity contribution in [3.63, 3.8) is 0 Å². The van der Waals surface area contributed by atoms with Crippen molar-refractivity contribution in [1.82, 2.24) is 0 Å². The van der Waals surface area contributed by atoms with Gasteiger partial charge in [0.2, 0.25) is 0 Å². The van der Waals surface area contributed by atoms with Crippen molar-refractivity contribution < 1.29 is 9.47 Å². The minimum Gasteiger partial charge on any atom is -0.496 e. The van der Waals surface area contributed by atoms with E-state index in [1.54, 1.807) is 14.2 Å². The summed E-state index contributed by atoms with van der Waals surface area (Å²) >= 11 is 0. The van der Waals surface area contributed by atoms with Gasteiger partial charge in [-0.25, -0.2) is 0 Å². The zero-order chi connectivity index (χ0) is 19.9. The molecule has 26 heavy (non-hydrogen) atoms. The molecule has 0 amide bonds. The van der Waals surface area contributed by atoms with Crippen LogP contribution in [-0.2, 0) is 11.8 Å². The van der Waals surface area contributed by atoms with E-state index in [1.165, 1.54) is 59.9 Å². The van der Waals surface area contributed by atoms with E-state index in [0.717, 1.165) is 17.9 Å². The van der Waals surface area contributed by atoms with Gasteiger partial charge in [-0.05, 0) is 56.6 Å². The molecule has 0 saturated heterocycles. The number of hydrogen-bond acceptors (Lipinski definition) is 2. The summed E-state index contributed by atoms with van der Waals surface area (Å²) in [7, 11) is 3.56. The summed E-state index contributed by atoms with van der Waals surface area (Å²) in [5.41, 5.74) is 6.37. The van der Waals surface area contributed by atoms with Gasteiger partial charge in [-0.1, -0.05) is 58.6 Å².